The molecule has 3 aromatic rings. The first-order valence-electron chi connectivity index (χ1n) is 9.26. The van der Waals surface area contributed by atoms with Gasteiger partial charge < -0.3 is 9.84 Å². The molecule has 0 unspecified atom stereocenters. The standard InChI is InChI=1S/C20H21BrN4O4S2/c1-12(2)20(26)23-16-10-15(7-8-17(16)30-3)31(27,28)22-11-18-24-19(25-29-18)13-5-4-6-14(21)9-13/h4-10,12,22H,11H2,1-3H3,(H,23,26). The largest absolute Gasteiger partial charge is 0.338 e. The summed E-state index contributed by atoms with van der Waals surface area (Å²) in [5.74, 6) is 0.0694. The van der Waals surface area contributed by atoms with Crippen LogP contribution < -0.4 is 10.0 Å². The van der Waals surface area contributed by atoms with E-state index in [1.54, 1.807) is 19.9 Å². The zero-order valence-electron chi connectivity index (χ0n) is 17.0. The number of benzene rings is 2. The van der Waals surface area contributed by atoms with Crippen molar-refractivity contribution in [1.82, 2.24) is 14.9 Å². The van der Waals surface area contributed by atoms with Gasteiger partial charge in [0, 0.05) is 20.8 Å². The number of nitrogens with zero attached hydrogens (tertiary/aromatic N) is 2. The minimum atomic E-state index is -3.87. The highest BCUT2D eigenvalue weighted by Crippen LogP contribution is 2.29. The lowest BCUT2D eigenvalue weighted by Crippen LogP contribution is -2.24. The average molecular weight is 525 g/mol. The van der Waals surface area contributed by atoms with Crippen LogP contribution >= 0.6 is 27.7 Å². The van der Waals surface area contributed by atoms with E-state index in [-0.39, 0.29) is 29.2 Å². The fraction of sp³-hybridized carbons (Fsp3) is 0.250. The Morgan fingerprint density at radius 3 is 2.68 bits per heavy atom. The highest BCUT2D eigenvalue weighted by atomic mass is 79.9. The third-order valence-corrected chi connectivity index (χ3v) is 6.92. The first kappa shape index (κ1) is 23.5. The Morgan fingerprint density at radius 1 is 1.23 bits per heavy atom. The van der Waals surface area contributed by atoms with Gasteiger partial charge >= 0.3 is 0 Å². The Balaban J connectivity index is 1.76. The molecule has 0 aliphatic carbocycles. The minimum Gasteiger partial charge on any atom is -0.338 e. The second kappa shape index (κ2) is 9.94. The first-order chi connectivity index (χ1) is 14.7. The van der Waals surface area contributed by atoms with E-state index < -0.39 is 10.0 Å². The zero-order valence-corrected chi connectivity index (χ0v) is 20.3. The molecule has 1 heterocycles. The van der Waals surface area contributed by atoms with Gasteiger partial charge in [0.25, 0.3) is 0 Å². The minimum absolute atomic E-state index is 0.0242. The molecule has 11 heteroatoms. The van der Waals surface area contributed by atoms with E-state index >= 15 is 0 Å². The normalized spacial score (nSPS) is 11.6. The number of carbonyl (C=O) groups excluding carboxylic acids is 1. The predicted molar refractivity (Wildman–Crippen MR) is 123 cm³/mol. The Labute approximate surface area is 193 Å². The van der Waals surface area contributed by atoms with Gasteiger partial charge in [0.15, 0.2) is 0 Å². The summed E-state index contributed by atoms with van der Waals surface area (Å²) in [4.78, 5) is 17.1. The van der Waals surface area contributed by atoms with E-state index in [2.05, 4.69) is 36.1 Å². The molecule has 3 rings (SSSR count). The van der Waals surface area contributed by atoms with Gasteiger partial charge in [0.1, 0.15) is 0 Å². The monoisotopic (exact) mass is 524 g/mol. The summed E-state index contributed by atoms with van der Waals surface area (Å²) in [5.41, 5.74) is 1.19. The molecule has 0 saturated carbocycles. The second-order valence-electron chi connectivity index (χ2n) is 6.85. The van der Waals surface area contributed by atoms with Crippen molar-refractivity contribution in [1.29, 1.82) is 0 Å². The van der Waals surface area contributed by atoms with Gasteiger partial charge in [-0.2, -0.15) is 4.98 Å². The van der Waals surface area contributed by atoms with Gasteiger partial charge in [-0.15, -0.1) is 11.8 Å². The number of rotatable bonds is 8. The molecule has 1 amide bonds. The lowest BCUT2D eigenvalue weighted by atomic mass is 10.2. The highest BCUT2D eigenvalue weighted by Gasteiger charge is 2.19. The highest BCUT2D eigenvalue weighted by molar-refractivity contribution is 9.10. The Morgan fingerprint density at radius 2 is 2.00 bits per heavy atom. The van der Waals surface area contributed by atoms with Crippen LogP contribution in [-0.4, -0.2) is 30.7 Å². The fourth-order valence-electron chi connectivity index (χ4n) is 2.54. The van der Waals surface area contributed by atoms with Gasteiger partial charge in [-0.3, -0.25) is 4.79 Å². The molecule has 8 nitrogen and oxygen atoms in total. The number of thioether (sulfide) groups is 1. The van der Waals surface area contributed by atoms with Crippen LogP contribution in [0.3, 0.4) is 0 Å². The number of hydrogen-bond acceptors (Lipinski definition) is 7. The van der Waals surface area contributed by atoms with E-state index in [1.165, 1.54) is 23.9 Å². The molecule has 0 bridgehead atoms. The number of sulfonamides is 1. The van der Waals surface area contributed by atoms with Crippen LogP contribution in [0.15, 0.2) is 61.3 Å². The topological polar surface area (TPSA) is 114 Å². The van der Waals surface area contributed by atoms with Gasteiger partial charge in [-0.25, -0.2) is 13.1 Å². The van der Waals surface area contributed by atoms with E-state index in [0.29, 0.717) is 11.5 Å². The molecule has 0 aliphatic rings. The summed E-state index contributed by atoms with van der Waals surface area (Å²) in [6, 6.07) is 12.0. The van der Waals surface area contributed by atoms with E-state index in [4.69, 9.17) is 4.52 Å². The molecule has 164 valence electrons. The molecule has 0 atom stereocenters. The molecule has 0 saturated heterocycles. The van der Waals surface area contributed by atoms with Crippen LogP contribution in [0.2, 0.25) is 0 Å². The quantitative estimate of drug-likeness (QED) is 0.422. The van der Waals surface area contributed by atoms with Gasteiger partial charge in [0.2, 0.25) is 27.6 Å². The van der Waals surface area contributed by atoms with Crippen LogP contribution in [0.4, 0.5) is 5.69 Å². The fourth-order valence-corrected chi connectivity index (χ4v) is 4.47. The van der Waals surface area contributed by atoms with Crippen LogP contribution in [0, 0.1) is 5.92 Å². The van der Waals surface area contributed by atoms with Crippen molar-refractivity contribution in [3.63, 3.8) is 0 Å². The lowest BCUT2D eigenvalue weighted by Gasteiger charge is -2.13. The van der Waals surface area contributed by atoms with E-state index in [1.807, 2.05) is 30.5 Å². The third-order valence-electron chi connectivity index (χ3n) is 4.23. The molecule has 1 aromatic heterocycles. The summed E-state index contributed by atoms with van der Waals surface area (Å²) >= 11 is 4.80. The smallest absolute Gasteiger partial charge is 0.242 e. The number of nitrogens with one attached hydrogen (secondary N) is 2. The molecular weight excluding hydrogens is 504 g/mol. The summed E-state index contributed by atoms with van der Waals surface area (Å²) in [7, 11) is -3.87. The number of aromatic nitrogens is 2. The molecule has 2 aromatic carbocycles. The van der Waals surface area contributed by atoms with E-state index in [9.17, 15) is 13.2 Å². The van der Waals surface area contributed by atoms with Crippen molar-refractivity contribution in [3.05, 3.63) is 52.8 Å². The van der Waals surface area contributed by atoms with Crippen LogP contribution in [0.5, 0.6) is 0 Å². The maximum atomic E-state index is 12.8. The van der Waals surface area contributed by atoms with Crippen LogP contribution in [0.25, 0.3) is 11.4 Å². The van der Waals surface area contributed by atoms with Crippen molar-refractivity contribution in [2.45, 2.75) is 30.2 Å². The number of halogens is 1. The molecule has 0 radical (unpaired) electrons. The van der Waals surface area contributed by atoms with Crippen molar-refractivity contribution in [3.8, 4) is 11.4 Å². The van der Waals surface area contributed by atoms with Gasteiger partial charge in [-0.1, -0.05) is 47.1 Å². The summed E-state index contributed by atoms with van der Waals surface area (Å²) in [5, 5.41) is 6.67. The number of amides is 1. The number of anilines is 1. The van der Waals surface area contributed by atoms with Crippen LogP contribution in [-0.2, 0) is 21.4 Å². The molecule has 2 N–H and O–H groups in total. The number of hydrogen-bond donors (Lipinski definition) is 2. The SMILES string of the molecule is CSc1ccc(S(=O)(=O)NCc2nc(-c3cccc(Br)c3)no2)cc1NC(=O)C(C)C. The third kappa shape index (κ3) is 5.94. The van der Waals surface area contributed by atoms with Crippen LogP contribution in [0.1, 0.15) is 19.7 Å². The Kier molecular flexibility index (Phi) is 7.52. The Bertz CT molecular complexity index is 1200. The maximum Gasteiger partial charge on any atom is 0.242 e. The lowest BCUT2D eigenvalue weighted by molar-refractivity contribution is -0.118. The van der Waals surface area contributed by atoms with Crippen molar-refractivity contribution < 1.29 is 17.7 Å². The van der Waals surface area contributed by atoms with Gasteiger partial charge in [-0.05, 0) is 36.6 Å². The summed E-state index contributed by atoms with van der Waals surface area (Å²) < 4.78 is 34.0. The Hall–Kier alpha value is -2.21. The van der Waals surface area contributed by atoms with Crippen molar-refractivity contribution >= 4 is 49.3 Å². The molecule has 0 aliphatic heterocycles. The van der Waals surface area contributed by atoms with Crippen molar-refractivity contribution in [2.24, 2.45) is 5.92 Å². The zero-order chi connectivity index (χ0) is 22.6. The maximum absolute atomic E-state index is 12.8. The molecule has 0 spiro atoms. The molecule has 0 fully saturated rings. The molecule has 31 heavy (non-hydrogen) atoms. The summed E-state index contributed by atoms with van der Waals surface area (Å²) in [6.45, 7) is 3.37. The summed E-state index contributed by atoms with van der Waals surface area (Å²) in [6.07, 6.45) is 1.85. The average Bonchev–Trinajstić information content (AvgIpc) is 3.21. The molecular formula is C20H21BrN4O4S2. The first-order valence-corrected chi connectivity index (χ1v) is 12.8. The number of carbonyl (C=O) groups is 1. The predicted octanol–water partition coefficient (Wildman–Crippen LogP) is 4.29. The second-order valence-corrected chi connectivity index (χ2v) is 10.4. The van der Waals surface area contributed by atoms with Gasteiger partial charge in [0.05, 0.1) is 17.1 Å². The van der Waals surface area contributed by atoms with E-state index in [0.717, 1.165) is 14.9 Å². The van der Waals surface area contributed by atoms with Crippen molar-refractivity contribution in [2.75, 3.05) is 11.6 Å².